The van der Waals surface area contributed by atoms with Crippen molar-refractivity contribution >= 4 is 23.4 Å². The molecule has 1 saturated heterocycles. The lowest BCUT2D eigenvalue weighted by molar-refractivity contribution is -0.137. The van der Waals surface area contributed by atoms with E-state index in [1.54, 1.807) is 17.0 Å². The first-order valence-electron chi connectivity index (χ1n) is 10.7. The minimum absolute atomic E-state index is 0.130. The monoisotopic (exact) mass is 470 g/mol. The average Bonchev–Trinajstić information content (AvgIpc) is 2.83. The first-order valence-corrected chi connectivity index (χ1v) is 10.7. The van der Waals surface area contributed by atoms with Crippen molar-refractivity contribution < 1.29 is 22.7 Å². The number of rotatable bonds is 3. The number of hydrogen-bond donors (Lipinski definition) is 1. The number of carbonyl (C=O) groups is 1. The predicted molar refractivity (Wildman–Crippen MR) is 120 cm³/mol. The zero-order valence-corrected chi connectivity index (χ0v) is 18.2. The highest BCUT2D eigenvalue weighted by Crippen LogP contribution is 2.40. The van der Waals surface area contributed by atoms with Crippen molar-refractivity contribution in [2.24, 2.45) is 0 Å². The third-order valence-corrected chi connectivity index (χ3v) is 5.98. The Morgan fingerprint density at radius 2 is 2.03 bits per heavy atom. The summed E-state index contributed by atoms with van der Waals surface area (Å²) in [7, 11) is 1.46. The van der Waals surface area contributed by atoms with Crippen molar-refractivity contribution in [1.29, 1.82) is 0 Å². The lowest BCUT2D eigenvalue weighted by atomic mass is 9.99. The zero-order valence-electron chi connectivity index (χ0n) is 18.2. The van der Waals surface area contributed by atoms with E-state index in [1.807, 2.05) is 6.07 Å². The van der Waals surface area contributed by atoms with E-state index in [0.717, 1.165) is 37.2 Å². The number of nitrogens with one attached hydrogen (secondary N) is 1. The maximum atomic E-state index is 13.4. The SMILES string of the molecule is COc1cc(NC(=O)N2c3nc(-c4cccc(C(F)(F)F)c4)ccc3N3CCC[C@@H]2C3)ncn1. The van der Waals surface area contributed by atoms with E-state index in [9.17, 15) is 18.0 Å². The number of fused-ring (bicyclic) bond motifs is 4. The van der Waals surface area contributed by atoms with Crippen LogP contribution in [0.3, 0.4) is 0 Å². The van der Waals surface area contributed by atoms with Gasteiger partial charge in [0, 0.05) is 24.7 Å². The molecule has 0 radical (unpaired) electrons. The standard InChI is InChI=1S/C23H21F3N6O2/c1-34-20-11-19(27-13-28-20)30-22(33)32-16-6-3-9-31(12-16)18-8-7-17(29-21(18)32)14-4-2-5-15(10-14)23(24,25)26/h2,4-5,7-8,10-11,13,16H,3,6,9,12H2,1H3,(H,27,28,30,33)/t16-/m1/s1. The molecular formula is C23H21F3N6O2. The Morgan fingerprint density at radius 1 is 1.18 bits per heavy atom. The maximum Gasteiger partial charge on any atom is 0.416 e. The fourth-order valence-electron chi connectivity index (χ4n) is 4.39. The highest BCUT2D eigenvalue weighted by molar-refractivity contribution is 6.04. The lowest BCUT2D eigenvalue weighted by Gasteiger charge is -2.45. The van der Waals surface area contributed by atoms with Crippen LogP contribution < -0.4 is 19.9 Å². The Bertz CT molecular complexity index is 1240. The number of piperidine rings is 1. The van der Waals surface area contributed by atoms with Crippen LogP contribution in [0.5, 0.6) is 5.88 Å². The van der Waals surface area contributed by atoms with Crippen molar-refractivity contribution in [2.45, 2.75) is 25.1 Å². The summed E-state index contributed by atoms with van der Waals surface area (Å²) in [6, 6.07) is 9.46. The van der Waals surface area contributed by atoms with Crippen molar-refractivity contribution in [3.05, 3.63) is 54.4 Å². The molecule has 1 N–H and O–H groups in total. The number of halogens is 3. The van der Waals surface area contributed by atoms with Crippen LogP contribution in [0.1, 0.15) is 18.4 Å². The molecule has 1 atom stereocenters. The number of alkyl halides is 3. The fourth-order valence-corrected chi connectivity index (χ4v) is 4.39. The van der Waals surface area contributed by atoms with Crippen LogP contribution >= 0.6 is 0 Å². The summed E-state index contributed by atoms with van der Waals surface area (Å²) >= 11 is 0. The number of hydrogen-bond acceptors (Lipinski definition) is 6. The second-order valence-electron chi connectivity index (χ2n) is 8.11. The number of carbonyl (C=O) groups excluding carboxylic acids is 1. The first kappa shape index (κ1) is 21.9. The Kier molecular flexibility index (Phi) is 5.46. The van der Waals surface area contributed by atoms with Gasteiger partial charge in [0.05, 0.1) is 30.1 Å². The van der Waals surface area contributed by atoms with Crippen molar-refractivity contribution in [1.82, 2.24) is 15.0 Å². The molecule has 1 fully saturated rings. The van der Waals surface area contributed by atoms with Crippen LogP contribution in [0.15, 0.2) is 48.8 Å². The third kappa shape index (κ3) is 4.09. The molecule has 2 amide bonds. The Morgan fingerprint density at radius 3 is 2.82 bits per heavy atom. The van der Waals surface area contributed by atoms with E-state index < -0.39 is 17.8 Å². The number of methoxy groups -OCH3 is 1. The number of aromatic nitrogens is 3. The molecule has 0 saturated carbocycles. The Balaban J connectivity index is 1.53. The predicted octanol–water partition coefficient (Wildman–Crippen LogP) is 4.59. The second kappa shape index (κ2) is 8.47. The highest BCUT2D eigenvalue weighted by atomic mass is 19.4. The summed E-state index contributed by atoms with van der Waals surface area (Å²) < 4.78 is 44.8. The number of nitrogens with zero attached hydrogens (tertiary/aromatic N) is 5. The van der Waals surface area contributed by atoms with Crippen LogP contribution in [-0.2, 0) is 6.18 Å². The number of amides is 2. The minimum atomic E-state index is -4.46. The molecule has 2 aliphatic heterocycles. The number of urea groups is 1. The van der Waals surface area contributed by atoms with Gasteiger partial charge in [-0.1, -0.05) is 12.1 Å². The van der Waals surface area contributed by atoms with Gasteiger partial charge in [-0.2, -0.15) is 13.2 Å². The van der Waals surface area contributed by atoms with Crippen LogP contribution in [-0.4, -0.2) is 47.2 Å². The lowest BCUT2D eigenvalue weighted by Crippen LogP contribution is -2.56. The quantitative estimate of drug-likeness (QED) is 0.603. The highest BCUT2D eigenvalue weighted by Gasteiger charge is 2.38. The van der Waals surface area contributed by atoms with E-state index in [1.165, 1.54) is 25.6 Å². The van der Waals surface area contributed by atoms with Gasteiger partial charge < -0.3 is 9.64 Å². The molecular weight excluding hydrogens is 449 g/mol. The van der Waals surface area contributed by atoms with Gasteiger partial charge >= 0.3 is 12.2 Å². The topological polar surface area (TPSA) is 83.5 Å². The summed E-state index contributed by atoms with van der Waals surface area (Å²) in [5.74, 6) is 0.980. The van der Waals surface area contributed by atoms with E-state index >= 15 is 0 Å². The van der Waals surface area contributed by atoms with Crippen molar-refractivity contribution in [2.75, 3.05) is 35.3 Å². The van der Waals surface area contributed by atoms with Gasteiger partial charge in [-0.3, -0.25) is 10.2 Å². The van der Waals surface area contributed by atoms with Gasteiger partial charge in [0.2, 0.25) is 5.88 Å². The summed E-state index contributed by atoms with van der Waals surface area (Å²) in [5, 5.41) is 2.77. The molecule has 2 bridgehead atoms. The van der Waals surface area contributed by atoms with E-state index in [2.05, 4.69) is 25.2 Å². The number of pyridine rings is 1. The maximum absolute atomic E-state index is 13.4. The van der Waals surface area contributed by atoms with Gasteiger partial charge in [-0.05, 0) is 37.1 Å². The largest absolute Gasteiger partial charge is 0.481 e. The van der Waals surface area contributed by atoms with Gasteiger partial charge in [0.15, 0.2) is 5.82 Å². The Labute approximate surface area is 193 Å². The van der Waals surface area contributed by atoms with Gasteiger partial charge in [0.1, 0.15) is 12.1 Å². The first-order chi connectivity index (χ1) is 16.3. The molecule has 34 heavy (non-hydrogen) atoms. The molecule has 0 aliphatic carbocycles. The van der Waals surface area contributed by atoms with Crippen molar-refractivity contribution in [3.63, 3.8) is 0 Å². The van der Waals surface area contributed by atoms with Crippen LogP contribution in [0.4, 0.5) is 35.3 Å². The summed E-state index contributed by atoms with van der Waals surface area (Å²) in [5.41, 5.74) is 0.691. The molecule has 0 unspecified atom stereocenters. The van der Waals surface area contributed by atoms with Gasteiger partial charge in [-0.25, -0.2) is 19.7 Å². The van der Waals surface area contributed by atoms with Gasteiger partial charge in [0.25, 0.3) is 0 Å². The Hall–Kier alpha value is -3.89. The van der Waals surface area contributed by atoms with Gasteiger partial charge in [-0.15, -0.1) is 0 Å². The van der Waals surface area contributed by atoms with E-state index in [0.29, 0.717) is 29.5 Å². The molecule has 1 aromatic carbocycles. The number of ether oxygens (including phenoxy) is 1. The molecule has 11 heteroatoms. The summed E-state index contributed by atoms with van der Waals surface area (Å²) in [6.07, 6.45) is -1.49. The molecule has 3 aromatic rings. The summed E-state index contributed by atoms with van der Waals surface area (Å²) in [4.78, 5) is 29.8. The zero-order chi connectivity index (χ0) is 23.9. The number of anilines is 3. The van der Waals surface area contributed by atoms with E-state index in [4.69, 9.17) is 4.74 Å². The minimum Gasteiger partial charge on any atom is -0.481 e. The summed E-state index contributed by atoms with van der Waals surface area (Å²) in [6.45, 7) is 1.48. The smallest absolute Gasteiger partial charge is 0.416 e. The van der Waals surface area contributed by atoms with E-state index in [-0.39, 0.29) is 11.9 Å². The average molecular weight is 470 g/mol. The molecule has 176 valence electrons. The molecule has 2 aromatic heterocycles. The molecule has 4 heterocycles. The molecule has 8 nitrogen and oxygen atoms in total. The van der Waals surface area contributed by atoms with Crippen molar-refractivity contribution in [3.8, 4) is 17.1 Å². The molecule has 2 aliphatic rings. The third-order valence-electron chi connectivity index (χ3n) is 5.98. The second-order valence-corrected chi connectivity index (χ2v) is 8.11. The van der Waals surface area contributed by atoms with Crippen LogP contribution in [0.2, 0.25) is 0 Å². The normalized spacial score (nSPS) is 17.2. The molecule has 0 spiro atoms. The van der Waals surface area contributed by atoms with Crippen LogP contribution in [0.25, 0.3) is 11.3 Å². The fraction of sp³-hybridized carbons (Fsp3) is 0.304. The van der Waals surface area contributed by atoms with Crippen LogP contribution in [0, 0.1) is 0 Å². The number of benzene rings is 1. The molecule has 5 rings (SSSR count).